The van der Waals surface area contributed by atoms with Gasteiger partial charge in [0.1, 0.15) is 34.5 Å². The van der Waals surface area contributed by atoms with E-state index in [0.717, 1.165) is 114 Å². The molecule has 66 heavy (non-hydrogen) atoms. The largest absolute Gasteiger partial charge is 0.494 e. The minimum atomic E-state index is -0.394. The highest BCUT2D eigenvalue weighted by Crippen LogP contribution is 2.34. The van der Waals surface area contributed by atoms with Gasteiger partial charge in [-0.2, -0.15) is 0 Å². The molecule has 2 saturated carbocycles. The van der Waals surface area contributed by atoms with Crippen molar-refractivity contribution in [1.29, 1.82) is 5.41 Å². The van der Waals surface area contributed by atoms with E-state index in [1.54, 1.807) is 24.3 Å². The highest BCUT2D eigenvalue weighted by molar-refractivity contribution is 5.82. The van der Waals surface area contributed by atoms with Crippen molar-refractivity contribution in [2.75, 3.05) is 39.6 Å². The fraction of sp³-hybridized carbons (Fsp3) is 0.491. The van der Waals surface area contributed by atoms with Gasteiger partial charge < -0.3 is 43.3 Å². The summed E-state index contributed by atoms with van der Waals surface area (Å²) in [6.45, 7) is 9.75. The lowest BCUT2D eigenvalue weighted by Crippen LogP contribution is -2.28. The first-order valence-electron chi connectivity index (χ1n) is 23.6. The molecule has 2 fully saturated rings. The van der Waals surface area contributed by atoms with Crippen molar-refractivity contribution in [3.63, 3.8) is 0 Å². The first-order valence-corrected chi connectivity index (χ1v) is 23.6. The van der Waals surface area contributed by atoms with Crippen LogP contribution in [-0.2, 0) is 28.7 Å². The normalized spacial score (nSPS) is 17.9. The second-order valence-corrected chi connectivity index (χ2v) is 17.0. The van der Waals surface area contributed by atoms with Crippen LogP contribution in [0.3, 0.4) is 0 Å². The minimum absolute atomic E-state index is 0.157. The van der Waals surface area contributed by atoms with Gasteiger partial charge >= 0.3 is 23.9 Å². The van der Waals surface area contributed by atoms with E-state index in [-0.39, 0.29) is 23.8 Å². The van der Waals surface area contributed by atoms with E-state index in [1.165, 1.54) is 18.4 Å². The molecule has 1 N–H and O–H groups in total. The van der Waals surface area contributed by atoms with Crippen LogP contribution in [0.15, 0.2) is 92.0 Å². The van der Waals surface area contributed by atoms with Gasteiger partial charge in [-0.1, -0.05) is 13.2 Å². The van der Waals surface area contributed by atoms with Crippen LogP contribution in [0.5, 0.6) is 34.5 Å². The summed E-state index contributed by atoms with van der Waals surface area (Å²) in [6.07, 6.45) is 17.2. The Kier molecular flexibility index (Phi) is 22.1. The summed E-state index contributed by atoms with van der Waals surface area (Å²) in [5, 5.41) is 8.02. The van der Waals surface area contributed by atoms with E-state index in [0.29, 0.717) is 80.0 Å². The molecule has 356 valence electrons. The fourth-order valence-corrected chi connectivity index (χ4v) is 7.98. The van der Waals surface area contributed by atoms with Crippen molar-refractivity contribution in [3.05, 3.63) is 97.6 Å². The van der Waals surface area contributed by atoms with Gasteiger partial charge in [-0.3, -0.25) is 9.59 Å². The van der Waals surface area contributed by atoms with Gasteiger partial charge in [0.15, 0.2) is 0 Å². The SMILES string of the molecule is C=CC(=O)OCCCCCCOc1ccc(OC(=O)C2CCC(COc3ccc(OCC4CCC(C(=O)Oc5ccc(OCCCCCCOC(=O)C=C)cc5)CC4)c(C=N)c3)CC2)cc1. The second-order valence-electron chi connectivity index (χ2n) is 17.0. The van der Waals surface area contributed by atoms with Gasteiger partial charge in [-0.15, -0.1) is 0 Å². The number of rotatable bonds is 29. The number of hydrogen-bond acceptors (Lipinski definition) is 13. The average molecular weight is 910 g/mol. The maximum atomic E-state index is 13.0. The number of hydrogen-bond donors (Lipinski definition) is 1. The van der Waals surface area contributed by atoms with Crippen molar-refractivity contribution in [2.45, 2.75) is 103 Å². The third-order valence-electron chi connectivity index (χ3n) is 12.0. The van der Waals surface area contributed by atoms with Crippen molar-refractivity contribution < 1.29 is 57.1 Å². The Labute approximate surface area is 389 Å². The van der Waals surface area contributed by atoms with Gasteiger partial charge in [0.05, 0.1) is 51.5 Å². The van der Waals surface area contributed by atoms with Crippen LogP contribution in [0, 0.1) is 29.1 Å². The summed E-state index contributed by atoms with van der Waals surface area (Å²) >= 11 is 0. The summed E-state index contributed by atoms with van der Waals surface area (Å²) in [6, 6.07) is 19.8. The van der Waals surface area contributed by atoms with E-state index in [1.807, 2.05) is 42.5 Å². The molecule has 5 rings (SSSR count). The van der Waals surface area contributed by atoms with E-state index in [2.05, 4.69) is 13.2 Å². The Morgan fingerprint density at radius 2 is 0.879 bits per heavy atom. The highest BCUT2D eigenvalue weighted by Gasteiger charge is 2.30. The van der Waals surface area contributed by atoms with Gasteiger partial charge in [0.2, 0.25) is 0 Å². The molecule has 13 nitrogen and oxygen atoms in total. The van der Waals surface area contributed by atoms with Gasteiger partial charge in [-0.25, -0.2) is 9.59 Å². The Balaban J connectivity index is 0.909. The van der Waals surface area contributed by atoms with Gasteiger partial charge in [0.25, 0.3) is 0 Å². The number of carbonyl (C=O) groups is 4. The molecule has 3 aromatic rings. The molecule has 2 aliphatic carbocycles. The molecule has 0 heterocycles. The first-order chi connectivity index (χ1) is 32.2. The average Bonchev–Trinajstić information content (AvgIpc) is 3.35. The molecule has 13 heteroatoms. The maximum absolute atomic E-state index is 13.0. The highest BCUT2D eigenvalue weighted by atomic mass is 16.5. The Hall–Kier alpha value is -6.11. The van der Waals surface area contributed by atoms with E-state index in [4.69, 9.17) is 43.3 Å². The molecule has 3 aromatic carbocycles. The summed E-state index contributed by atoms with van der Waals surface area (Å²) in [5.41, 5.74) is 0.644. The summed E-state index contributed by atoms with van der Waals surface area (Å²) in [5.74, 6) is 2.81. The summed E-state index contributed by atoms with van der Waals surface area (Å²) < 4.78 is 45.4. The van der Waals surface area contributed by atoms with Crippen molar-refractivity contribution in [2.24, 2.45) is 23.7 Å². The first kappa shape index (κ1) is 50.9. The third-order valence-corrected chi connectivity index (χ3v) is 12.0. The summed E-state index contributed by atoms with van der Waals surface area (Å²) in [7, 11) is 0. The third kappa shape index (κ3) is 18.4. The van der Waals surface area contributed by atoms with E-state index < -0.39 is 11.9 Å². The van der Waals surface area contributed by atoms with Crippen molar-refractivity contribution >= 4 is 30.1 Å². The molecule has 0 unspecified atom stereocenters. The Morgan fingerprint density at radius 1 is 0.485 bits per heavy atom. The number of nitrogens with one attached hydrogen (secondary N) is 1. The Morgan fingerprint density at radius 3 is 1.30 bits per heavy atom. The fourth-order valence-electron chi connectivity index (χ4n) is 7.98. The van der Waals surface area contributed by atoms with Crippen LogP contribution in [0.2, 0.25) is 0 Å². The van der Waals surface area contributed by atoms with Crippen molar-refractivity contribution in [3.8, 4) is 34.5 Å². The summed E-state index contributed by atoms with van der Waals surface area (Å²) in [4.78, 5) is 48.1. The number of carbonyl (C=O) groups excluding carboxylic acids is 4. The van der Waals surface area contributed by atoms with Crippen LogP contribution in [-0.4, -0.2) is 69.7 Å². The lowest BCUT2D eigenvalue weighted by Gasteiger charge is -2.27. The lowest BCUT2D eigenvalue weighted by atomic mass is 9.82. The van der Waals surface area contributed by atoms with Crippen LogP contribution in [0.4, 0.5) is 0 Å². The molecule has 0 aliphatic heterocycles. The zero-order chi connectivity index (χ0) is 46.8. The van der Waals surface area contributed by atoms with E-state index in [9.17, 15) is 19.2 Å². The predicted octanol–water partition coefficient (Wildman–Crippen LogP) is 10.6. The van der Waals surface area contributed by atoms with Crippen molar-refractivity contribution in [1.82, 2.24) is 0 Å². The van der Waals surface area contributed by atoms with Crippen LogP contribution >= 0.6 is 0 Å². The standard InChI is InChI=1S/C53H67NO12/c1-3-50(55)61-33-11-7-5-9-31-59-44-21-25-46(26-22-44)65-52(57)41-17-13-39(14-18-41)37-63-48-29-30-49(43(35-48)36-54)64-38-40-15-19-42(20-16-40)53(58)66-47-27-23-45(24-28-47)60-32-10-6-8-12-34-62-51(56)4-2/h3-4,21-30,35-36,39-42,54H,1-2,5-20,31-34,37-38H2. The van der Waals surface area contributed by atoms with Gasteiger partial charge in [0, 0.05) is 23.9 Å². The molecule has 2 aliphatic rings. The molecule has 0 amide bonds. The Bertz CT molecular complexity index is 1980. The lowest BCUT2D eigenvalue weighted by molar-refractivity contribution is -0.141. The molecule has 0 saturated heterocycles. The number of ether oxygens (including phenoxy) is 8. The quantitative estimate of drug-likeness (QED) is 0.0231. The smallest absolute Gasteiger partial charge is 0.330 e. The molecular weight excluding hydrogens is 843 g/mol. The monoisotopic (exact) mass is 909 g/mol. The van der Waals surface area contributed by atoms with Gasteiger partial charge in [-0.05, 0) is 181 Å². The minimum Gasteiger partial charge on any atom is -0.494 e. The second kappa shape index (κ2) is 28.7. The molecule has 0 radical (unpaired) electrons. The molecular formula is C53H67NO12. The molecule has 0 aromatic heterocycles. The molecule has 0 atom stereocenters. The molecule has 0 bridgehead atoms. The van der Waals surface area contributed by atoms with Crippen LogP contribution in [0.1, 0.15) is 108 Å². The zero-order valence-corrected chi connectivity index (χ0v) is 38.3. The van der Waals surface area contributed by atoms with Crippen LogP contribution in [0.25, 0.3) is 0 Å². The number of benzene rings is 3. The number of esters is 4. The van der Waals surface area contributed by atoms with Crippen LogP contribution < -0.4 is 28.4 Å². The predicted molar refractivity (Wildman–Crippen MR) is 251 cm³/mol. The zero-order valence-electron chi connectivity index (χ0n) is 38.3. The topological polar surface area (TPSA) is 166 Å². The number of unbranched alkanes of at least 4 members (excludes halogenated alkanes) is 6. The van der Waals surface area contributed by atoms with E-state index >= 15 is 0 Å². The molecule has 0 spiro atoms. The maximum Gasteiger partial charge on any atom is 0.330 e.